The van der Waals surface area contributed by atoms with E-state index in [1.807, 2.05) is 15.9 Å². The van der Waals surface area contributed by atoms with Gasteiger partial charge in [-0.3, -0.25) is 4.79 Å². The molecule has 1 atom stereocenters. The van der Waals surface area contributed by atoms with Crippen LogP contribution in [0.15, 0.2) is 18.2 Å². The maximum atomic E-state index is 12.8. The molecule has 3 fully saturated rings. The summed E-state index contributed by atoms with van der Waals surface area (Å²) in [7, 11) is 3.16. The summed E-state index contributed by atoms with van der Waals surface area (Å²) >= 11 is 0. The Kier molecular flexibility index (Phi) is 6.55. The lowest BCUT2D eigenvalue weighted by atomic mass is 9.54. The van der Waals surface area contributed by atoms with Gasteiger partial charge in [-0.05, 0) is 49.1 Å². The highest BCUT2D eigenvalue weighted by atomic mass is 16.5. The van der Waals surface area contributed by atoms with Crippen molar-refractivity contribution in [2.75, 3.05) is 58.9 Å². The second-order valence-corrected chi connectivity index (χ2v) is 8.78. The van der Waals surface area contributed by atoms with E-state index in [2.05, 4.69) is 5.32 Å². The van der Waals surface area contributed by atoms with Gasteiger partial charge in [0, 0.05) is 44.4 Å². The molecular weight excluding hydrogens is 398 g/mol. The monoisotopic (exact) mass is 431 g/mol. The van der Waals surface area contributed by atoms with Crippen molar-refractivity contribution in [1.82, 2.24) is 9.80 Å². The maximum Gasteiger partial charge on any atom is 0.321 e. The molecule has 2 saturated heterocycles. The van der Waals surface area contributed by atoms with Gasteiger partial charge in [-0.25, -0.2) is 4.79 Å². The van der Waals surface area contributed by atoms with E-state index in [4.69, 9.17) is 14.2 Å². The van der Waals surface area contributed by atoms with Gasteiger partial charge in [0.25, 0.3) is 0 Å². The number of likely N-dealkylation sites (tertiary alicyclic amines) is 1. The Morgan fingerprint density at radius 3 is 2.35 bits per heavy atom. The van der Waals surface area contributed by atoms with Gasteiger partial charge in [0.1, 0.15) is 0 Å². The number of benzene rings is 1. The molecule has 2 heterocycles. The smallest absolute Gasteiger partial charge is 0.321 e. The molecule has 3 amide bonds. The first kappa shape index (κ1) is 21.7. The predicted molar refractivity (Wildman–Crippen MR) is 117 cm³/mol. The third kappa shape index (κ3) is 4.59. The van der Waals surface area contributed by atoms with Gasteiger partial charge in [0.2, 0.25) is 5.91 Å². The van der Waals surface area contributed by atoms with E-state index in [1.165, 1.54) is 6.42 Å². The van der Waals surface area contributed by atoms with Crippen LogP contribution in [-0.2, 0) is 9.53 Å². The number of piperidine rings is 1. The van der Waals surface area contributed by atoms with Crippen LogP contribution in [-0.4, -0.2) is 75.4 Å². The molecule has 2 aliphatic heterocycles. The highest BCUT2D eigenvalue weighted by molar-refractivity contribution is 5.89. The molecule has 0 aromatic heterocycles. The minimum absolute atomic E-state index is 0.0951. The number of methoxy groups -OCH3 is 2. The predicted octanol–water partition coefficient (Wildman–Crippen LogP) is 2.98. The Labute approximate surface area is 183 Å². The van der Waals surface area contributed by atoms with Crippen molar-refractivity contribution >= 4 is 17.6 Å². The number of carbonyl (C=O) groups excluding carboxylic acids is 2. The van der Waals surface area contributed by atoms with Crippen LogP contribution in [0.4, 0.5) is 10.5 Å². The summed E-state index contributed by atoms with van der Waals surface area (Å²) in [6, 6.07) is 5.26. The Morgan fingerprint density at radius 2 is 1.74 bits per heavy atom. The number of rotatable bonds is 5. The number of morpholine rings is 1. The summed E-state index contributed by atoms with van der Waals surface area (Å²) in [5.41, 5.74) is 0.905. The highest BCUT2D eigenvalue weighted by Gasteiger charge is 2.49. The zero-order valence-electron chi connectivity index (χ0n) is 18.5. The fraction of sp³-hybridized carbons (Fsp3) is 0.652. The highest BCUT2D eigenvalue weighted by Crippen LogP contribution is 2.55. The van der Waals surface area contributed by atoms with Crippen molar-refractivity contribution in [1.29, 1.82) is 0 Å². The van der Waals surface area contributed by atoms with Crippen molar-refractivity contribution in [3.05, 3.63) is 18.2 Å². The zero-order chi connectivity index (χ0) is 21.8. The first-order valence-electron chi connectivity index (χ1n) is 11.2. The normalized spacial score (nSPS) is 22.6. The van der Waals surface area contributed by atoms with Crippen molar-refractivity contribution < 1.29 is 23.8 Å². The molecule has 1 unspecified atom stereocenters. The minimum atomic E-state index is -0.0951. The SMILES string of the molecule is COc1ccc(NC(=O)N2CCC3(CCC3CC(=O)N3CCOCC3)CC2)cc1OC. The second-order valence-electron chi connectivity index (χ2n) is 8.78. The molecule has 8 nitrogen and oxygen atoms in total. The van der Waals surface area contributed by atoms with Crippen LogP contribution in [0.3, 0.4) is 0 Å². The van der Waals surface area contributed by atoms with Gasteiger partial charge in [0.05, 0.1) is 27.4 Å². The van der Waals surface area contributed by atoms with E-state index in [0.29, 0.717) is 55.8 Å². The first-order valence-corrected chi connectivity index (χ1v) is 11.2. The van der Waals surface area contributed by atoms with Gasteiger partial charge in [0.15, 0.2) is 11.5 Å². The van der Waals surface area contributed by atoms with Gasteiger partial charge in [-0.15, -0.1) is 0 Å². The minimum Gasteiger partial charge on any atom is -0.493 e. The van der Waals surface area contributed by atoms with Gasteiger partial charge >= 0.3 is 6.03 Å². The Hall–Kier alpha value is -2.48. The number of hydrogen-bond acceptors (Lipinski definition) is 5. The molecule has 170 valence electrons. The van der Waals surface area contributed by atoms with E-state index in [-0.39, 0.29) is 17.4 Å². The quantitative estimate of drug-likeness (QED) is 0.775. The molecule has 1 aromatic carbocycles. The van der Waals surface area contributed by atoms with E-state index in [9.17, 15) is 9.59 Å². The number of nitrogens with one attached hydrogen (secondary N) is 1. The summed E-state index contributed by atoms with van der Waals surface area (Å²) in [6.07, 6.45) is 4.85. The summed E-state index contributed by atoms with van der Waals surface area (Å²) in [5.74, 6) is 1.92. The third-order valence-electron chi connectivity index (χ3n) is 7.32. The molecule has 3 aliphatic rings. The van der Waals surface area contributed by atoms with Gasteiger partial charge in [-0.1, -0.05) is 0 Å². The number of amides is 3. The van der Waals surface area contributed by atoms with E-state index in [0.717, 1.165) is 32.4 Å². The number of ether oxygens (including phenoxy) is 3. The lowest BCUT2D eigenvalue weighted by molar-refractivity contribution is -0.140. The van der Waals surface area contributed by atoms with Crippen molar-refractivity contribution in [2.45, 2.75) is 32.1 Å². The third-order valence-corrected chi connectivity index (χ3v) is 7.32. The Bertz CT molecular complexity index is 800. The Morgan fingerprint density at radius 1 is 1.03 bits per heavy atom. The molecule has 4 rings (SSSR count). The summed E-state index contributed by atoms with van der Waals surface area (Å²) in [6.45, 7) is 4.16. The van der Waals surface area contributed by atoms with Crippen LogP contribution in [0.2, 0.25) is 0 Å². The molecule has 1 aromatic rings. The maximum absolute atomic E-state index is 12.8. The van der Waals surface area contributed by atoms with Crippen LogP contribution in [0.5, 0.6) is 11.5 Å². The fourth-order valence-electron chi connectivity index (χ4n) is 5.16. The van der Waals surface area contributed by atoms with E-state index < -0.39 is 0 Å². The molecule has 1 saturated carbocycles. The van der Waals surface area contributed by atoms with Crippen molar-refractivity contribution in [3.63, 3.8) is 0 Å². The number of urea groups is 1. The number of hydrogen-bond donors (Lipinski definition) is 1. The van der Waals surface area contributed by atoms with Crippen LogP contribution >= 0.6 is 0 Å². The topological polar surface area (TPSA) is 80.3 Å². The van der Waals surface area contributed by atoms with E-state index in [1.54, 1.807) is 26.4 Å². The molecular formula is C23H33N3O5. The second kappa shape index (κ2) is 9.34. The summed E-state index contributed by atoms with van der Waals surface area (Å²) in [5, 5.41) is 2.97. The average Bonchev–Trinajstić information content (AvgIpc) is 2.82. The molecule has 0 bridgehead atoms. The molecule has 8 heteroatoms. The molecule has 0 radical (unpaired) electrons. The number of carbonyl (C=O) groups is 2. The van der Waals surface area contributed by atoms with Crippen LogP contribution in [0, 0.1) is 11.3 Å². The average molecular weight is 432 g/mol. The lowest BCUT2D eigenvalue weighted by Gasteiger charge is -2.54. The summed E-state index contributed by atoms with van der Waals surface area (Å²) in [4.78, 5) is 29.3. The summed E-state index contributed by atoms with van der Waals surface area (Å²) < 4.78 is 15.9. The largest absolute Gasteiger partial charge is 0.493 e. The van der Waals surface area contributed by atoms with Crippen LogP contribution in [0.25, 0.3) is 0 Å². The number of nitrogens with zero attached hydrogens (tertiary/aromatic N) is 2. The van der Waals surface area contributed by atoms with Crippen molar-refractivity contribution in [3.8, 4) is 11.5 Å². The molecule has 1 N–H and O–H groups in total. The first-order chi connectivity index (χ1) is 15.0. The van der Waals surface area contributed by atoms with Gasteiger partial charge < -0.3 is 29.3 Å². The standard InChI is InChI=1S/C23H33N3O5/c1-29-19-4-3-18(16-20(19)30-2)24-22(28)26-9-7-23(8-10-26)6-5-17(23)15-21(27)25-11-13-31-14-12-25/h3-4,16-17H,5-15H2,1-2H3,(H,24,28). The zero-order valence-corrected chi connectivity index (χ0v) is 18.5. The van der Waals surface area contributed by atoms with Crippen LogP contribution < -0.4 is 14.8 Å². The molecule has 1 aliphatic carbocycles. The molecule has 31 heavy (non-hydrogen) atoms. The Balaban J connectivity index is 1.29. The van der Waals surface area contributed by atoms with Crippen molar-refractivity contribution in [2.24, 2.45) is 11.3 Å². The number of anilines is 1. The van der Waals surface area contributed by atoms with E-state index >= 15 is 0 Å². The lowest BCUT2D eigenvalue weighted by Crippen LogP contribution is -2.52. The fourth-order valence-corrected chi connectivity index (χ4v) is 5.16. The van der Waals surface area contributed by atoms with Crippen LogP contribution in [0.1, 0.15) is 32.1 Å². The molecule has 1 spiro atoms. The van der Waals surface area contributed by atoms with Gasteiger partial charge in [-0.2, -0.15) is 0 Å².